The zero-order valence-electron chi connectivity index (χ0n) is 23.7. The van der Waals surface area contributed by atoms with E-state index in [1.54, 1.807) is 19.3 Å². The molecular formula is C31H42N2O6. The molecule has 2 aromatic rings. The molecule has 0 aromatic heterocycles. The third-order valence-corrected chi connectivity index (χ3v) is 7.59. The molecule has 8 nitrogen and oxygen atoms in total. The summed E-state index contributed by atoms with van der Waals surface area (Å²) >= 11 is 0. The van der Waals surface area contributed by atoms with Crippen LogP contribution in [0.2, 0.25) is 0 Å². The lowest BCUT2D eigenvalue weighted by molar-refractivity contribution is -0.188. The first-order valence-electron chi connectivity index (χ1n) is 13.9. The minimum Gasteiger partial charge on any atom is -0.496 e. The second-order valence-electron chi connectivity index (χ2n) is 10.1. The number of hydrogen-bond donors (Lipinski definition) is 0. The van der Waals surface area contributed by atoms with Gasteiger partial charge in [-0.15, -0.1) is 6.58 Å². The first-order valence-corrected chi connectivity index (χ1v) is 13.9. The number of methoxy groups -OCH3 is 2. The van der Waals surface area contributed by atoms with E-state index in [1.165, 1.54) is 0 Å². The summed E-state index contributed by atoms with van der Waals surface area (Å²) in [6.07, 6.45) is 5.40. The summed E-state index contributed by atoms with van der Waals surface area (Å²) in [5.74, 6) is 3.08. The third kappa shape index (κ3) is 6.50. The van der Waals surface area contributed by atoms with Crippen molar-refractivity contribution in [2.75, 3.05) is 47.3 Å². The van der Waals surface area contributed by atoms with Crippen molar-refractivity contribution in [1.82, 2.24) is 9.96 Å². The van der Waals surface area contributed by atoms with Gasteiger partial charge in [0.15, 0.2) is 11.5 Å². The van der Waals surface area contributed by atoms with Crippen LogP contribution in [-0.2, 0) is 16.1 Å². The molecule has 0 bridgehead atoms. The van der Waals surface area contributed by atoms with E-state index in [2.05, 4.69) is 24.5 Å². The number of aryl methyl sites for hydroxylation is 1. The van der Waals surface area contributed by atoms with Gasteiger partial charge in [-0.25, -0.2) is 5.06 Å². The highest BCUT2D eigenvalue weighted by Crippen LogP contribution is 2.47. The van der Waals surface area contributed by atoms with Crippen molar-refractivity contribution in [2.24, 2.45) is 5.92 Å². The van der Waals surface area contributed by atoms with E-state index in [9.17, 15) is 4.79 Å². The lowest BCUT2D eigenvalue weighted by Crippen LogP contribution is -2.43. The first kappa shape index (κ1) is 28.8. The number of nitrogens with zero attached hydrogens (tertiary/aromatic N) is 2. The number of amides is 1. The normalized spacial score (nSPS) is 20.2. The number of para-hydroxylation sites is 1. The number of carbonyl (C=O) groups excluding carboxylic acids is 1. The van der Waals surface area contributed by atoms with E-state index in [1.807, 2.05) is 43.3 Å². The Morgan fingerprint density at radius 1 is 1.13 bits per heavy atom. The molecule has 3 atom stereocenters. The summed E-state index contributed by atoms with van der Waals surface area (Å²) in [6, 6.07) is 12.3. The van der Waals surface area contributed by atoms with Crippen LogP contribution in [0, 0.1) is 5.92 Å². The molecule has 0 aliphatic carbocycles. The fourth-order valence-electron chi connectivity index (χ4n) is 5.72. The van der Waals surface area contributed by atoms with Gasteiger partial charge in [-0.3, -0.25) is 14.5 Å². The number of rotatable bonds is 14. The lowest BCUT2D eigenvalue weighted by Gasteiger charge is -2.29. The van der Waals surface area contributed by atoms with Crippen LogP contribution in [0.3, 0.4) is 0 Å². The van der Waals surface area contributed by atoms with Gasteiger partial charge in [-0.2, -0.15) is 0 Å². The Balaban J connectivity index is 1.62. The van der Waals surface area contributed by atoms with Crippen molar-refractivity contribution in [3.05, 3.63) is 60.2 Å². The number of fused-ring (bicyclic) bond motifs is 1. The summed E-state index contributed by atoms with van der Waals surface area (Å²) in [5.41, 5.74) is 2.24. The Kier molecular flexibility index (Phi) is 10.1. The Labute approximate surface area is 232 Å². The highest BCUT2D eigenvalue weighted by atomic mass is 16.7. The van der Waals surface area contributed by atoms with E-state index in [4.69, 9.17) is 23.8 Å². The standard InChI is InChI=1S/C31H42N2O6/c1-6-15-33(39-16-7-2)30(34)20-32-19-25(23-17-28(36-5)31-29(18-23)37-21-38-31)24(8-3)26(32)14-13-22-11-9-10-12-27(22)35-4/h8-12,17-18,24-26H,3,6-7,13-16,19-21H2,1-2,4-5H3/t24-,25-,26+/m1/s1. The predicted molar refractivity (Wildman–Crippen MR) is 150 cm³/mol. The van der Waals surface area contributed by atoms with Crippen molar-refractivity contribution >= 4 is 5.91 Å². The Morgan fingerprint density at radius 2 is 1.92 bits per heavy atom. The van der Waals surface area contributed by atoms with Crippen molar-refractivity contribution < 1.29 is 28.6 Å². The van der Waals surface area contributed by atoms with E-state index in [0.717, 1.165) is 42.6 Å². The molecule has 2 aliphatic heterocycles. The monoisotopic (exact) mass is 538 g/mol. The molecule has 0 N–H and O–H groups in total. The van der Waals surface area contributed by atoms with Gasteiger partial charge >= 0.3 is 0 Å². The van der Waals surface area contributed by atoms with Crippen molar-refractivity contribution in [1.29, 1.82) is 0 Å². The average molecular weight is 539 g/mol. The predicted octanol–water partition coefficient (Wildman–Crippen LogP) is 5.22. The SMILES string of the molecule is C=C[C@@H]1[C@@H](c2cc(OC)c3c(c2)OCO3)CN(CC(=O)N(CCC)OCCC)[C@H]1CCc1ccccc1OC. The van der Waals surface area contributed by atoms with Crippen molar-refractivity contribution in [3.63, 3.8) is 0 Å². The summed E-state index contributed by atoms with van der Waals surface area (Å²) in [7, 11) is 3.34. The van der Waals surface area contributed by atoms with Crippen LogP contribution in [0.5, 0.6) is 23.0 Å². The number of hydroxylamine groups is 2. The minimum absolute atomic E-state index is 0.0145. The van der Waals surface area contributed by atoms with E-state index >= 15 is 0 Å². The molecule has 2 aliphatic rings. The minimum atomic E-state index is -0.0145. The van der Waals surface area contributed by atoms with Crippen LogP contribution in [0.25, 0.3) is 0 Å². The summed E-state index contributed by atoms with van der Waals surface area (Å²) < 4.78 is 22.6. The Hall–Kier alpha value is -3.23. The van der Waals surface area contributed by atoms with Crippen LogP contribution in [0.4, 0.5) is 0 Å². The molecule has 2 heterocycles. The molecule has 8 heteroatoms. The first-order chi connectivity index (χ1) is 19.0. The molecule has 2 aromatic carbocycles. The Morgan fingerprint density at radius 3 is 2.64 bits per heavy atom. The second-order valence-corrected chi connectivity index (χ2v) is 10.1. The van der Waals surface area contributed by atoms with Crippen LogP contribution >= 0.6 is 0 Å². The van der Waals surface area contributed by atoms with Gasteiger partial charge in [0.1, 0.15) is 5.75 Å². The molecule has 1 amide bonds. The third-order valence-electron chi connectivity index (χ3n) is 7.59. The van der Waals surface area contributed by atoms with Crippen LogP contribution in [0.1, 0.15) is 50.2 Å². The number of hydrogen-bond acceptors (Lipinski definition) is 7. The van der Waals surface area contributed by atoms with Gasteiger partial charge < -0.3 is 18.9 Å². The van der Waals surface area contributed by atoms with E-state index < -0.39 is 0 Å². The largest absolute Gasteiger partial charge is 0.496 e. The molecule has 212 valence electrons. The topological polar surface area (TPSA) is 69.7 Å². The fraction of sp³-hybridized carbons (Fsp3) is 0.516. The number of likely N-dealkylation sites (tertiary alicyclic amines) is 1. The molecule has 0 saturated carbocycles. The smallest absolute Gasteiger partial charge is 0.260 e. The number of benzene rings is 2. The molecular weight excluding hydrogens is 496 g/mol. The zero-order chi connectivity index (χ0) is 27.8. The number of ether oxygens (including phenoxy) is 4. The van der Waals surface area contributed by atoms with Gasteiger partial charge in [0.25, 0.3) is 5.91 Å². The molecule has 39 heavy (non-hydrogen) atoms. The maximum Gasteiger partial charge on any atom is 0.260 e. The highest BCUT2D eigenvalue weighted by molar-refractivity contribution is 5.77. The van der Waals surface area contributed by atoms with E-state index in [-0.39, 0.29) is 37.1 Å². The molecule has 0 unspecified atom stereocenters. The maximum absolute atomic E-state index is 13.5. The van der Waals surface area contributed by atoms with Gasteiger partial charge in [-0.05, 0) is 55.0 Å². The molecule has 1 saturated heterocycles. The lowest BCUT2D eigenvalue weighted by atomic mass is 9.83. The maximum atomic E-state index is 13.5. The molecule has 0 spiro atoms. The van der Waals surface area contributed by atoms with E-state index in [0.29, 0.717) is 36.9 Å². The van der Waals surface area contributed by atoms with Gasteiger partial charge in [0.05, 0.1) is 27.4 Å². The fourth-order valence-corrected chi connectivity index (χ4v) is 5.72. The van der Waals surface area contributed by atoms with Gasteiger partial charge in [0, 0.05) is 31.0 Å². The van der Waals surface area contributed by atoms with Crippen LogP contribution in [-0.4, -0.2) is 69.2 Å². The second kappa shape index (κ2) is 13.7. The van der Waals surface area contributed by atoms with Crippen molar-refractivity contribution in [3.8, 4) is 23.0 Å². The van der Waals surface area contributed by atoms with Gasteiger partial charge in [-0.1, -0.05) is 38.1 Å². The zero-order valence-corrected chi connectivity index (χ0v) is 23.7. The summed E-state index contributed by atoms with van der Waals surface area (Å²) in [6.45, 7) is 10.6. The molecule has 4 rings (SSSR count). The van der Waals surface area contributed by atoms with Gasteiger partial charge in [0.2, 0.25) is 12.5 Å². The van der Waals surface area contributed by atoms with Crippen LogP contribution in [0.15, 0.2) is 49.1 Å². The quantitative estimate of drug-likeness (QED) is 0.241. The highest BCUT2D eigenvalue weighted by Gasteiger charge is 2.42. The summed E-state index contributed by atoms with van der Waals surface area (Å²) in [4.78, 5) is 21.6. The van der Waals surface area contributed by atoms with Crippen LogP contribution < -0.4 is 18.9 Å². The molecule has 0 radical (unpaired) electrons. The van der Waals surface area contributed by atoms with Crippen molar-refractivity contribution in [2.45, 2.75) is 51.5 Å². The average Bonchev–Trinajstić information content (AvgIpc) is 3.57. The summed E-state index contributed by atoms with van der Waals surface area (Å²) in [5, 5.41) is 1.54. The number of carbonyl (C=O) groups is 1. The molecule has 1 fully saturated rings. The Bertz CT molecular complexity index is 1120.